The maximum atomic E-state index is 13.0. The van der Waals surface area contributed by atoms with E-state index in [4.69, 9.17) is 28.4 Å². The molecule has 2 bridgehead atoms. The number of epoxide rings is 2. The first-order chi connectivity index (χ1) is 17.6. The van der Waals surface area contributed by atoms with Gasteiger partial charge < -0.3 is 33.5 Å². The average molecular weight is 519 g/mol. The largest absolute Gasteiger partial charge is 0.463 e. The zero-order chi connectivity index (χ0) is 26.2. The molecule has 6 rings (SSSR count). The summed E-state index contributed by atoms with van der Waals surface area (Å²) in [5.41, 5.74) is -2.40. The summed E-state index contributed by atoms with van der Waals surface area (Å²) in [5, 5.41) is 10.7. The normalized spacial score (nSPS) is 52.9. The van der Waals surface area contributed by atoms with Gasteiger partial charge in [-0.2, -0.15) is 0 Å². The second-order valence-corrected chi connectivity index (χ2v) is 11.8. The Balaban J connectivity index is 1.37. The molecular weight excluding hydrogens is 484 g/mol. The zero-order valence-corrected chi connectivity index (χ0v) is 21.3. The summed E-state index contributed by atoms with van der Waals surface area (Å²) >= 11 is 0. The lowest BCUT2D eigenvalue weighted by Crippen LogP contribution is -2.69. The Morgan fingerprint density at radius 3 is 2.41 bits per heavy atom. The molecule has 5 fully saturated rings. The number of carbonyl (C=O) groups is 3. The van der Waals surface area contributed by atoms with Crippen LogP contribution in [0, 0.1) is 16.7 Å². The predicted octanol–water partition coefficient (Wildman–Crippen LogP) is 1.38. The fourth-order valence-electron chi connectivity index (χ4n) is 7.36. The van der Waals surface area contributed by atoms with Gasteiger partial charge in [0.2, 0.25) is 0 Å². The van der Waals surface area contributed by atoms with E-state index in [2.05, 4.69) is 13.8 Å². The van der Waals surface area contributed by atoms with Gasteiger partial charge in [0.05, 0.1) is 36.4 Å². The van der Waals surface area contributed by atoms with Crippen LogP contribution in [0.5, 0.6) is 0 Å². The molecule has 1 N–H and O–H groups in total. The Kier molecular flexibility index (Phi) is 5.66. The highest BCUT2D eigenvalue weighted by molar-refractivity contribution is 5.84. The van der Waals surface area contributed by atoms with Crippen LogP contribution in [0.1, 0.15) is 46.5 Å². The lowest BCUT2D eigenvalue weighted by atomic mass is 9.50. The predicted molar refractivity (Wildman–Crippen MR) is 125 cm³/mol. The van der Waals surface area contributed by atoms with Gasteiger partial charge in [-0.3, -0.25) is 0 Å². The van der Waals surface area contributed by atoms with Gasteiger partial charge in [-0.1, -0.05) is 26.0 Å². The maximum absolute atomic E-state index is 13.0. The number of allylic oxidation sites excluding steroid dienone is 2. The molecule has 0 unspecified atom stereocenters. The molecule has 0 aromatic carbocycles. The molecule has 10 heteroatoms. The van der Waals surface area contributed by atoms with Gasteiger partial charge in [0.25, 0.3) is 0 Å². The first-order valence-electron chi connectivity index (χ1n) is 13.1. The number of rotatable bonds is 0. The summed E-state index contributed by atoms with van der Waals surface area (Å²) in [7, 11) is 0. The Morgan fingerprint density at radius 1 is 0.946 bits per heavy atom. The van der Waals surface area contributed by atoms with Crippen molar-refractivity contribution in [1.82, 2.24) is 0 Å². The molecule has 0 aromatic heterocycles. The van der Waals surface area contributed by atoms with Crippen LogP contribution in [0.15, 0.2) is 24.3 Å². The van der Waals surface area contributed by atoms with E-state index in [-0.39, 0.29) is 43.5 Å². The third-order valence-corrected chi connectivity index (χ3v) is 10.0. The molecule has 10 atom stereocenters. The van der Waals surface area contributed by atoms with Crippen LogP contribution in [0.3, 0.4) is 0 Å². The van der Waals surface area contributed by atoms with Crippen LogP contribution in [0.2, 0.25) is 0 Å². The van der Waals surface area contributed by atoms with E-state index in [9.17, 15) is 19.5 Å². The third kappa shape index (κ3) is 3.56. The van der Waals surface area contributed by atoms with Crippen LogP contribution >= 0.6 is 0 Å². The van der Waals surface area contributed by atoms with Gasteiger partial charge in [-0.15, -0.1) is 0 Å². The topological polar surface area (TPSA) is 133 Å². The van der Waals surface area contributed by atoms with Gasteiger partial charge in [-0.25, -0.2) is 14.4 Å². The lowest BCUT2D eigenvalue weighted by molar-refractivity contribution is -0.252. The molecule has 2 aliphatic carbocycles. The number of cyclic esters (lactones) is 2. The molecule has 10 nitrogen and oxygen atoms in total. The van der Waals surface area contributed by atoms with Crippen LogP contribution < -0.4 is 0 Å². The second kappa shape index (κ2) is 8.36. The van der Waals surface area contributed by atoms with Crippen molar-refractivity contribution in [2.45, 2.75) is 88.2 Å². The van der Waals surface area contributed by atoms with Gasteiger partial charge in [0.1, 0.15) is 24.4 Å². The molecule has 2 saturated carbocycles. The minimum Gasteiger partial charge on any atom is -0.463 e. The van der Waals surface area contributed by atoms with Gasteiger partial charge in [-0.05, 0) is 32.1 Å². The second-order valence-electron chi connectivity index (χ2n) is 11.8. The molecule has 0 radical (unpaired) electrons. The van der Waals surface area contributed by atoms with E-state index in [0.29, 0.717) is 19.4 Å². The first kappa shape index (κ1) is 25.0. The highest BCUT2D eigenvalue weighted by atomic mass is 16.7. The fourth-order valence-corrected chi connectivity index (χ4v) is 7.36. The zero-order valence-electron chi connectivity index (χ0n) is 21.3. The Labute approximate surface area is 215 Å². The summed E-state index contributed by atoms with van der Waals surface area (Å²) < 4.78 is 35.9. The van der Waals surface area contributed by atoms with Crippen LogP contribution in [0.4, 0.5) is 0 Å². The SMILES string of the molecule is C[C@@H]1CCOC(=O)/C=C/C=C/C(=O)O[C@@H]2C[C@H]3O[C@H]4[C@H]5O[C@]5(C)CC[C@@]4(COC(=O)[C@@H]1O)[C@@]2(C)[C@@]31CO1. The number of esters is 3. The molecule has 0 aromatic rings. The van der Waals surface area contributed by atoms with Gasteiger partial charge in [0, 0.05) is 24.0 Å². The minimum absolute atomic E-state index is 0.0217. The van der Waals surface area contributed by atoms with Crippen LogP contribution in [-0.2, 0) is 42.8 Å². The van der Waals surface area contributed by atoms with Crippen molar-refractivity contribution in [3.8, 4) is 0 Å². The van der Waals surface area contributed by atoms with E-state index in [1.165, 1.54) is 24.3 Å². The van der Waals surface area contributed by atoms with E-state index in [1.807, 2.05) is 0 Å². The molecule has 6 aliphatic rings. The van der Waals surface area contributed by atoms with Gasteiger partial charge >= 0.3 is 17.9 Å². The summed E-state index contributed by atoms with van der Waals surface area (Å²) in [6.07, 6.45) is 4.66. The quantitative estimate of drug-likeness (QED) is 0.285. The maximum Gasteiger partial charge on any atom is 0.335 e. The Hall–Kier alpha value is -2.27. The number of aliphatic hydroxyl groups excluding tert-OH is 1. The van der Waals surface area contributed by atoms with Crippen molar-refractivity contribution in [2.24, 2.45) is 16.7 Å². The van der Waals surface area contributed by atoms with E-state index >= 15 is 0 Å². The molecule has 4 aliphatic heterocycles. The molecule has 3 saturated heterocycles. The molecule has 0 amide bonds. The first-order valence-corrected chi connectivity index (χ1v) is 13.1. The molecular formula is C27H34O10. The summed E-state index contributed by atoms with van der Waals surface area (Å²) in [6.45, 7) is 6.30. The third-order valence-electron chi connectivity index (χ3n) is 10.0. The van der Waals surface area contributed by atoms with Crippen molar-refractivity contribution in [2.75, 3.05) is 19.8 Å². The monoisotopic (exact) mass is 518 g/mol. The van der Waals surface area contributed by atoms with E-state index < -0.39 is 52.5 Å². The summed E-state index contributed by atoms with van der Waals surface area (Å²) in [4.78, 5) is 37.7. The van der Waals surface area contributed by atoms with Crippen molar-refractivity contribution >= 4 is 17.9 Å². The number of fused-ring (bicyclic) bond motifs is 2. The Morgan fingerprint density at radius 2 is 1.68 bits per heavy atom. The van der Waals surface area contributed by atoms with Crippen molar-refractivity contribution in [3.05, 3.63) is 24.3 Å². The van der Waals surface area contributed by atoms with E-state index in [1.54, 1.807) is 6.92 Å². The van der Waals surface area contributed by atoms with Crippen molar-refractivity contribution in [3.63, 3.8) is 0 Å². The standard InChI is InChI=1S/C27H34O10/c1-15-8-11-32-18(28)6-4-5-7-19(29)35-16-12-17-27(14-34-27)25(16,3)26(13-33-23(31)20(15)30)10-9-24(2)21(37-24)22(26)36-17/h4-7,15-17,20-22,30H,8-14H2,1-3H3/b6-4+,7-5+/t15-,16-,17-,20-,21-,22+,24-,25+,26+,27-/m1/s1. The number of hydrogen-bond acceptors (Lipinski definition) is 10. The van der Waals surface area contributed by atoms with Crippen molar-refractivity contribution in [1.29, 1.82) is 0 Å². The summed E-state index contributed by atoms with van der Waals surface area (Å²) in [6, 6.07) is 0. The molecule has 37 heavy (non-hydrogen) atoms. The Bertz CT molecular complexity index is 1060. The number of aliphatic hydroxyl groups is 1. The number of hydrogen-bond donors (Lipinski definition) is 1. The van der Waals surface area contributed by atoms with Crippen molar-refractivity contribution < 1.29 is 47.9 Å². The molecule has 2 spiro atoms. The fraction of sp³-hybridized carbons (Fsp3) is 0.741. The summed E-state index contributed by atoms with van der Waals surface area (Å²) in [5.74, 6) is -2.38. The van der Waals surface area contributed by atoms with Gasteiger partial charge in [0.15, 0.2) is 6.10 Å². The molecule has 202 valence electrons. The highest BCUT2D eigenvalue weighted by Gasteiger charge is 2.86. The number of carbonyl (C=O) groups excluding carboxylic acids is 3. The average Bonchev–Trinajstić information content (AvgIpc) is 3.77. The van der Waals surface area contributed by atoms with Crippen LogP contribution in [0.25, 0.3) is 0 Å². The number of ether oxygens (including phenoxy) is 6. The smallest absolute Gasteiger partial charge is 0.335 e. The lowest BCUT2D eigenvalue weighted by Gasteiger charge is -2.58. The highest BCUT2D eigenvalue weighted by Crippen LogP contribution is 2.75. The minimum atomic E-state index is -1.38. The van der Waals surface area contributed by atoms with Crippen LogP contribution in [-0.4, -0.2) is 84.6 Å². The molecule has 4 heterocycles. The van der Waals surface area contributed by atoms with E-state index in [0.717, 1.165) is 6.42 Å².